The van der Waals surface area contributed by atoms with E-state index in [4.69, 9.17) is 0 Å². The molecule has 0 bridgehead atoms. The molecule has 2 aromatic carbocycles. The molecule has 0 aliphatic heterocycles. The first kappa shape index (κ1) is 14.6. The lowest BCUT2D eigenvalue weighted by Crippen LogP contribution is -2.06. The molecule has 0 heterocycles. The molecule has 1 nitrogen and oxygen atoms in total. The number of rotatable bonds is 4. The van der Waals surface area contributed by atoms with Crippen molar-refractivity contribution in [3.63, 3.8) is 0 Å². The van der Waals surface area contributed by atoms with Crippen molar-refractivity contribution in [1.29, 1.82) is 0 Å². The van der Waals surface area contributed by atoms with Crippen molar-refractivity contribution >= 4 is 27.7 Å². The Hall–Kier alpha value is -0.770. The van der Waals surface area contributed by atoms with Crippen LogP contribution in [0.15, 0.2) is 50.7 Å². The Bertz CT molecular complexity index is 581. The second-order valence-electron chi connectivity index (χ2n) is 4.63. The quantitative estimate of drug-likeness (QED) is 0.849. The molecule has 2 aromatic rings. The van der Waals surface area contributed by atoms with Gasteiger partial charge < -0.3 is 5.32 Å². The number of hydrogen-bond donors (Lipinski definition) is 1. The molecule has 0 saturated heterocycles. The van der Waals surface area contributed by atoms with Crippen molar-refractivity contribution in [3.05, 3.63) is 57.6 Å². The van der Waals surface area contributed by atoms with Crippen molar-refractivity contribution in [2.45, 2.75) is 30.2 Å². The molecule has 0 saturated carbocycles. The Balaban J connectivity index is 2.30. The molecule has 100 valence electrons. The average Bonchev–Trinajstić information content (AvgIpc) is 2.37. The molecule has 19 heavy (non-hydrogen) atoms. The minimum atomic E-state index is 0.889. The van der Waals surface area contributed by atoms with Gasteiger partial charge in [0.05, 0.1) is 0 Å². The third-order valence-corrected chi connectivity index (χ3v) is 4.69. The van der Waals surface area contributed by atoms with Crippen LogP contribution in [0.5, 0.6) is 0 Å². The zero-order valence-electron chi connectivity index (χ0n) is 11.5. The van der Waals surface area contributed by atoms with Crippen molar-refractivity contribution < 1.29 is 0 Å². The van der Waals surface area contributed by atoms with Crippen LogP contribution in [0.4, 0.5) is 0 Å². The average molecular weight is 336 g/mol. The van der Waals surface area contributed by atoms with E-state index in [2.05, 4.69) is 71.5 Å². The third-order valence-electron chi connectivity index (χ3n) is 3.10. The zero-order valence-corrected chi connectivity index (χ0v) is 13.9. The first-order valence-corrected chi connectivity index (χ1v) is 7.89. The smallest absolute Gasteiger partial charge is 0.0213 e. The Kier molecular flexibility index (Phi) is 5.08. The Morgan fingerprint density at radius 1 is 1.05 bits per heavy atom. The molecule has 0 aromatic heterocycles. The summed E-state index contributed by atoms with van der Waals surface area (Å²) in [5, 5.41) is 3.22. The Labute approximate surface area is 127 Å². The van der Waals surface area contributed by atoms with Crippen LogP contribution in [0.25, 0.3) is 0 Å². The van der Waals surface area contributed by atoms with E-state index in [0.29, 0.717) is 0 Å². The van der Waals surface area contributed by atoms with Crippen LogP contribution >= 0.6 is 27.7 Å². The van der Waals surface area contributed by atoms with Crippen LogP contribution in [0, 0.1) is 13.8 Å². The summed E-state index contributed by atoms with van der Waals surface area (Å²) in [6, 6.07) is 13.1. The first-order chi connectivity index (χ1) is 9.10. The highest BCUT2D eigenvalue weighted by molar-refractivity contribution is 9.10. The van der Waals surface area contributed by atoms with Gasteiger partial charge in [-0.25, -0.2) is 0 Å². The van der Waals surface area contributed by atoms with Gasteiger partial charge in [-0.1, -0.05) is 39.8 Å². The van der Waals surface area contributed by atoms with E-state index in [1.54, 1.807) is 0 Å². The summed E-state index contributed by atoms with van der Waals surface area (Å²) in [6.45, 7) is 5.20. The fourth-order valence-electron chi connectivity index (χ4n) is 1.86. The van der Waals surface area contributed by atoms with Crippen molar-refractivity contribution in [2.24, 2.45) is 0 Å². The lowest BCUT2D eigenvalue weighted by Gasteiger charge is -2.10. The normalized spacial score (nSPS) is 10.7. The third kappa shape index (κ3) is 3.85. The molecule has 0 spiro atoms. The highest BCUT2D eigenvalue weighted by Crippen LogP contribution is 2.33. The number of benzene rings is 2. The summed E-state index contributed by atoms with van der Waals surface area (Å²) in [6.07, 6.45) is 0. The summed E-state index contributed by atoms with van der Waals surface area (Å²) >= 11 is 5.37. The lowest BCUT2D eigenvalue weighted by molar-refractivity contribution is 0.803. The van der Waals surface area contributed by atoms with Gasteiger partial charge in [0.1, 0.15) is 0 Å². The Morgan fingerprint density at radius 3 is 2.53 bits per heavy atom. The summed E-state index contributed by atoms with van der Waals surface area (Å²) < 4.78 is 1.12. The minimum absolute atomic E-state index is 0.889. The fourth-order valence-corrected chi connectivity index (χ4v) is 3.46. The van der Waals surface area contributed by atoms with Gasteiger partial charge in [-0.2, -0.15) is 0 Å². The van der Waals surface area contributed by atoms with E-state index in [9.17, 15) is 0 Å². The first-order valence-electron chi connectivity index (χ1n) is 6.28. The minimum Gasteiger partial charge on any atom is -0.316 e. The highest BCUT2D eigenvalue weighted by atomic mass is 79.9. The summed E-state index contributed by atoms with van der Waals surface area (Å²) in [4.78, 5) is 2.59. The molecule has 2 rings (SSSR count). The largest absolute Gasteiger partial charge is 0.316 e. The van der Waals surface area contributed by atoms with Crippen LogP contribution in [0.1, 0.15) is 16.7 Å². The van der Waals surface area contributed by atoms with Gasteiger partial charge in [0.2, 0.25) is 0 Å². The standard InChI is InChI=1S/C16H18BrNS/c1-11-4-7-15(8-12(11)2)19-16-9-14(17)6-5-13(16)10-18-3/h4-9,18H,10H2,1-3H3. The van der Waals surface area contributed by atoms with E-state index in [1.807, 2.05) is 18.8 Å². The zero-order chi connectivity index (χ0) is 13.8. The molecule has 0 unspecified atom stereocenters. The number of nitrogens with one attached hydrogen (secondary N) is 1. The lowest BCUT2D eigenvalue weighted by atomic mass is 10.1. The monoisotopic (exact) mass is 335 g/mol. The second kappa shape index (κ2) is 6.60. The predicted molar refractivity (Wildman–Crippen MR) is 86.9 cm³/mol. The van der Waals surface area contributed by atoms with Gasteiger partial charge in [-0.15, -0.1) is 0 Å². The SMILES string of the molecule is CNCc1ccc(Br)cc1Sc1ccc(C)c(C)c1. The van der Waals surface area contributed by atoms with Crippen molar-refractivity contribution in [2.75, 3.05) is 7.05 Å². The second-order valence-corrected chi connectivity index (χ2v) is 6.66. The van der Waals surface area contributed by atoms with Gasteiger partial charge in [0, 0.05) is 20.8 Å². The van der Waals surface area contributed by atoms with Crippen molar-refractivity contribution in [1.82, 2.24) is 5.32 Å². The van der Waals surface area contributed by atoms with Gasteiger partial charge in [-0.3, -0.25) is 0 Å². The van der Waals surface area contributed by atoms with Crippen LogP contribution in [-0.2, 0) is 6.54 Å². The van der Waals surface area contributed by atoms with Gasteiger partial charge in [0.15, 0.2) is 0 Å². The van der Waals surface area contributed by atoms with Gasteiger partial charge >= 0.3 is 0 Å². The molecule has 1 N–H and O–H groups in total. The van der Waals surface area contributed by atoms with Crippen LogP contribution in [-0.4, -0.2) is 7.05 Å². The van der Waals surface area contributed by atoms with Crippen LogP contribution in [0.3, 0.4) is 0 Å². The van der Waals surface area contributed by atoms with Gasteiger partial charge in [-0.05, 0) is 61.9 Å². The van der Waals surface area contributed by atoms with Crippen molar-refractivity contribution in [3.8, 4) is 0 Å². The fraction of sp³-hybridized carbons (Fsp3) is 0.250. The predicted octanol–water partition coefficient (Wildman–Crippen LogP) is 4.94. The molecular weight excluding hydrogens is 318 g/mol. The molecular formula is C16H18BrNS. The van der Waals surface area contributed by atoms with E-state index in [1.165, 1.54) is 26.5 Å². The van der Waals surface area contributed by atoms with Gasteiger partial charge in [0.25, 0.3) is 0 Å². The maximum absolute atomic E-state index is 3.55. The van der Waals surface area contributed by atoms with Crippen LogP contribution < -0.4 is 5.32 Å². The van der Waals surface area contributed by atoms with E-state index < -0.39 is 0 Å². The topological polar surface area (TPSA) is 12.0 Å². The summed E-state index contributed by atoms with van der Waals surface area (Å²) in [7, 11) is 1.98. The van der Waals surface area contributed by atoms with Crippen LogP contribution in [0.2, 0.25) is 0 Å². The highest BCUT2D eigenvalue weighted by Gasteiger charge is 2.06. The summed E-state index contributed by atoms with van der Waals surface area (Å²) in [5.41, 5.74) is 4.01. The maximum atomic E-state index is 3.55. The molecule has 0 fully saturated rings. The number of halogens is 1. The summed E-state index contributed by atoms with van der Waals surface area (Å²) in [5.74, 6) is 0. The molecule has 3 heteroatoms. The molecule has 0 aliphatic carbocycles. The van der Waals surface area contributed by atoms with E-state index >= 15 is 0 Å². The van der Waals surface area contributed by atoms with E-state index in [-0.39, 0.29) is 0 Å². The molecule has 0 aliphatic rings. The van der Waals surface area contributed by atoms with E-state index in [0.717, 1.165) is 11.0 Å². The molecule has 0 radical (unpaired) electrons. The maximum Gasteiger partial charge on any atom is 0.0213 e. The molecule has 0 atom stereocenters. The number of aryl methyl sites for hydroxylation is 2. The molecule has 0 amide bonds. The Morgan fingerprint density at radius 2 is 1.84 bits per heavy atom. The number of hydrogen-bond acceptors (Lipinski definition) is 2.